The highest BCUT2D eigenvalue weighted by atomic mass is 16.2. The first kappa shape index (κ1) is 22.0. The number of aromatic amines is 1. The van der Waals surface area contributed by atoms with Gasteiger partial charge in [-0.1, -0.05) is 68.7 Å². The van der Waals surface area contributed by atoms with E-state index >= 15 is 0 Å². The molecule has 1 amide bonds. The van der Waals surface area contributed by atoms with Crippen LogP contribution in [0.15, 0.2) is 59.4 Å². The number of rotatable bonds is 8. The molecule has 5 heteroatoms. The lowest BCUT2D eigenvalue weighted by Gasteiger charge is -2.28. The molecule has 4 rings (SSSR count). The van der Waals surface area contributed by atoms with Gasteiger partial charge in [-0.2, -0.15) is 0 Å². The Balaban J connectivity index is 1.41. The van der Waals surface area contributed by atoms with E-state index < -0.39 is 0 Å². The first-order chi connectivity index (χ1) is 15.6. The Bertz CT molecular complexity index is 1100. The lowest BCUT2D eigenvalue weighted by Crippen LogP contribution is -2.39. The molecular formula is C27H31N3O2. The van der Waals surface area contributed by atoms with Gasteiger partial charge in [0, 0.05) is 24.9 Å². The zero-order chi connectivity index (χ0) is 22.3. The van der Waals surface area contributed by atoms with Crippen LogP contribution in [0.1, 0.15) is 71.2 Å². The predicted octanol–water partition coefficient (Wildman–Crippen LogP) is 4.68. The van der Waals surface area contributed by atoms with Crippen LogP contribution in [0.25, 0.3) is 0 Å². The van der Waals surface area contributed by atoms with Crippen LogP contribution in [0.4, 0.5) is 0 Å². The lowest BCUT2D eigenvalue weighted by molar-refractivity contribution is 0.0732. The fraction of sp³-hybridized carbons (Fsp3) is 0.370. The zero-order valence-electron chi connectivity index (χ0n) is 18.8. The number of carbonyl (C=O) groups excluding carboxylic acids is 1. The number of hydrogen-bond donors (Lipinski definition) is 1. The summed E-state index contributed by atoms with van der Waals surface area (Å²) in [6, 6.07) is 17.9. The van der Waals surface area contributed by atoms with Crippen LogP contribution in [0.2, 0.25) is 0 Å². The van der Waals surface area contributed by atoms with Gasteiger partial charge in [0.2, 0.25) is 0 Å². The molecule has 32 heavy (non-hydrogen) atoms. The van der Waals surface area contributed by atoms with Crippen molar-refractivity contribution in [1.82, 2.24) is 14.9 Å². The fourth-order valence-electron chi connectivity index (χ4n) is 4.28. The quantitative estimate of drug-likeness (QED) is 0.529. The molecule has 1 N–H and O–H groups in total. The molecule has 0 saturated carbocycles. The minimum absolute atomic E-state index is 0.0269. The average molecular weight is 430 g/mol. The van der Waals surface area contributed by atoms with Gasteiger partial charge in [-0.25, -0.2) is 4.98 Å². The molecule has 1 aliphatic rings. The monoisotopic (exact) mass is 429 g/mol. The third kappa shape index (κ3) is 5.34. The van der Waals surface area contributed by atoms with Crippen molar-refractivity contribution in [2.45, 2.75) is 58.4 Å². The highest BCUT2D eigenvalue weighted by Gasteiger charge is 2.25. The summed E-state index contributed by atoms with van der Waals surface area (Å²) in [5.41, 5.74) is 4.34. The summed E-state index contributed by atoms with van der Waals surface area (Å²) in [5, 5.41) is 0. The van der Waals surface area contributed by atoms with E-state index in [1.54, 1.807) is 4.90 Å². The van der Waals surface area contributed by atoms with Gasteiger partial charge in [0.1, 0.15) is 5.82 Å². The number of amides is 1. The van der Waals surface area contributed by atoms with Gasteiger partial charge in [-0.3, -0.25) is 9.59 Å². The van der Waals surface area contributed by atoms with E-state index in [0.717, 1.165) is 17.7 Å². The predicted molar refractivity (Wildman–Crippen MR) is 127 cm³/mol. The summed E-state index contributed by atoms with van der Waals surface area (Å²) in [5.74, 6) is 0.648. The molecule has 0 aliphatic carbocycles. The standard InChI is InChI=1S/C27H31N3O2/c1-2-3-4-6-9-20-12-14-22(15-13-20)27(32)30-17-16-24-23(19-30)26(31)29-25(28-24)18-21-10-7-5-8-11-21/h5,7-8,10-15H,2-4,6,9,16-19H2,1H3,(H,28,29,31). The molecular weight excluding hydrogens is 398 g/mol. The molecule has 0 radical (unpaired) electrons. The number of fused-ring (bicyclic) bond motifs is 1. The van der Waals surface area contributed by atoms with Gasteiger partial charge < -0.3 is 9.88 Å². The van der Waals surface area contributed by atoms with E-state index in [2.05, 4.69) is 24.0 Å². The third-order valence-corrected chi connectivity index (χ3v) is 6.14. The summed E-state index contributed by atoms with van der Waals surface area (Å²) >= 11 is 0. The summed E-state index contributed by atoms with van der Waals surface area (Å²) in [6.07, 6.45) is 7.19. The topological polar surface area (TPSA) is 66.1 Å². The normalized spacial score (nSPS) is 13.1. The van der Waals surface area contributed by atoms with Crippen LogP contribution >= 0.6 is 0 Å². The van der Waals surface area contributed by atoms with Crippen LogP contribution < -0.4 is 5.56 Å². The Morgan fingerprint density at radius 3 is 2.53 bits per heavy atom. The summed E-state index contributed by atoms with van der Waals surface area (Å²) < 4.78 is 0. The van der Waals surface area contributed by atoms with Crippen LogP contribution in [0, 0.1) is 0 Å². The van der Waals surface area contributed by atoms with E-state index in [9.17, 15) is 9.59 Å². The van der Waals surface area contributed by atoms with Crippen LogP contribution in [0.5, 0.6) is 0 Å². The second kappa shape index (κ2) is 10.4. The van der Waals surface area contributed by atoms with E-state index in [1.165, 1.54) is 31.2 Å². The molecule has 166 valence electrons. The minimum Gasteiger partial charge on any atom is -0.334 e. The second-order valence-corrected chi connectivity index (χ2v) is 8.58. The van der Waals surface area contributed by atoms with Crippen LogP contribution in [0.3, 0.4) is 0 Å². The molecule has 1 aliphatic heterocycles. The maximum absolute atomic E-state index is 13.0. The van der Waals surface area contributed by atoms with Crippen molar-refractivity contribution in [3.8, 4) is 0 Å². The largest absolute Gasteiger partial charge is 0.334 e. The van der Waals surface area contributed by atoms with Crippen molar-refractivity contribution in [3.05, 3.63) is 98.7 Å². The van der Waals surface area contributed by atoms with Gasteiger partial charge in [0.15, 0.2) is 0 Å². The van der Waals surface area contributed by atoms with Gasteiger partial charge in [-0.05, 0) is 36.1 Å². The third-order valence-electron chi connectivity index (χ3n) is 6.14. The Morgan fingerprint density at radius 2 is 1.78 bits per heavy atom. The molecule has 0 spiro atoms. The van der Waals surface area contributed by atoms with Crippen molar-refractivity contribution in [1.29, 1.82) is 0 Å². The number of aromatic nitrogens is 2. The summed E-state index contributed by atoms with van der Waals surface area (Å²) in [6.45, 7) is 3.10. The number of nitrogens with zero attached hydrogens (tertiary/aromatic N) is 2. The molecule has 5 nitrogen and oxygen atoms in total. The van der Waals surface area contributed by atoms with E-state index in [0.29, 0.717) is 42.9 Å². The van der Waals surface area contributed by atoms with E-state index in [1.807, 2.05) is 42.5 Å². The Hall–Kier alpha value is -3.21. The Morgan fingerprint density at radius 1 is 1.00 bits per heavy atom. The number of benzene rings is 2. The minimum atomic E-state index is -0.138. The number of carbonyl (C=O) groups is 1. The molecule has 0 unspecified atom stereocenters. The van der Waals surface area contributed by atoms with E-state index in [4.69, 9.17) is 4.98 Å². The van der Waals surface area contributed by atoms with Crippen LogP contribution in [-0.2, 0) is 25.8 Å². The first-order valence-corrected chi connectivity index (χ1v) is 11.7. The summed E-state index contributed by atoms with van der Waals surface area (Å²) in [7, 11) is 0. The smallest absolute Gasteiger partial charge is 0.256 e. The zero-order valence-corrected chi connectivity index (χ0v) is 18.8. The van der Waals surface area contributed by atoms with Crippen molar-refractivity contribution in [2.24, 2.45) is 0 Å². The van der Waals surface area contributed by atoms with Crippen molar-refractivity contribution in [2.75, 3.05) is 6.54 Å². The van der Waals surface area contributed by atoms with Crippen molar-refractivity contribution in [3.63, 3.8) is 0 Å². The fourth-order valence-corrected chi connectivity index (χ4v) is 4.28. The molecule has 0 bridgehead atoms. The van der Waals surface area contributed by atoms with Gasteiger partial charge >= 0.3 is 0 Å². The number of H-pyrrole nitrogens is 1. The number of unbranched alkanes of at least 4 members (excludes halogenated alkanes) is 3. The average Bonchev–Trinajstić information content (AvgIpc) is 2.82. The Kier molecular flexibility index (Phi) is 7.15. The van der Waals surface area contributed by atoms with Crippen LogP contribution in [-0.4, -0.2) is 27.3 Å². The molecule has 1 aromatic heterocycles. The molecule has 0 saturated heterocycles. The highest BCUT2D eigenvalue weighted by molar-refractivity contribution is 5.94. The molecule has 3 aromatic rings. The molecule has 2 aromatic carbocycles. The van der Waals surface area contributed by atoms with Crippen molar-refractivity contribution >= 4 is 5.91 Å². The first-order valence-electron chi connectivity index (χ1n) is 11.7. The second-order valence-electron chi connectivity index (χ2n) is 8.58. The lowest BCUT2D eigenvalue weighted by atomic mass is 10.0. The molecule has 0 atom stereocenters. The highest BCUT2D eigenvalue weighted by Crippen LogP contribution is 2.18. The maximum Gasteiger partial charge on any atom is 0.256 e. The summed E-state index contributed by atoms with van der Waals surface area (Å²) in [4.78, 5) is 35.1. The Labute approximate surface area is 189 Å². The van der Waals surface area contributed by atoms with Gasteiger partial charge in [-0.15, -0.1) is 0 Å². The van der Waals surface area contributed by atoms with Gasteiger partial charge in [0.25, 0.3) is 11.5 Å². The number of aryl methyl sites for hydroxylation is 1. The van der Waals surface area contributed by atoms with Gasteiger partial charge in [0.05, 0.1) is 17.8 Å². The molecule has 0 fully saturated rings. The van der Waals surface area contributed by atoms with E-state index in [-0.39, 0.29) is 11.5 Å². The number of hydrogen-bond acceptors (Lipinski definition) is 3. The van der Waals surface area contributed by atoms with Crippen molar-refractivity contribution < 1.29 is 4.79 Å². The molecule has 2 heterocycles. The SMILES string of the molecule is CCCCCCc1ccc(C(=O)N2CCc3nc(Cc4ccccc4)[nH]c(=O)c3C2)cc1. The maximum atomic E-state index is 13.0. The number of nitrogens with one attached hydrogen (secondary N) is 1.